The van der Waals surface area contributed by atoms with E-state index in [4.69, 9.17) is 19.3 Å². The van der Waals surface area contributed by atoms with Crippen LogP contribution >= 0.6 is 0 Å². The molecule has 0 rings (SSSR count). The van der Waals surface area contributed by atoms with Crippen LogP contribution in [0.25, 0.3) is 0 Å². The zero-order valence-electron chi connectivity index (χ0n) is 11.7. The number of carboxylic acid groups (broad SMARTS) is 1. The van der Waals surface area contributed by atoms with Crippen molar-refractivity contribution in [3.8, 4) is 0 Å². The standard InChI is InChI=1S/C13H26O5/c1-13(2,12(14)15)6-4-7-17-8-5-9-18-11-10-16-3/h4-11H2,1-3H3,(H,14,15). The first kappa shape index (κ1) is 17.4. The van der Waals surface area contributed by atoms with Crippen molar-refractivity contribution in [3.05, 3.63) is 0 Å². The molecule has 108 valence electrons. The monoisotopic (exact) mass is 262 g/mol. The predicted molar refractivity (Wildman–Crippen MR) is 68.8 cm³/mol. The van der Waals surface area contributed by atoms with Crippen molar-refractivity contribution in [3.63, 3.8) is 0 Å². The van der Waals surface area contributed by atoms with Crippen molar-refractivity contribution < 1.29 is 24.1 Å². The fraction of sp³-hybridized carbons (Fsp3) is 0.923. The molecule has 0 bridgehead atoms. The van der Waals surface area contributed by atoms with Gasteiger partial charge in [0, 0.05) is 26.9 Å². The van der Waals surface area contributed by atoms with Gasteiger partial charge in [-0.05, 0) is 33.1 Å². The van der Waals surface area contributed by atoms with E-state index in [1.807, 2.05) is 0 Å². The fourth-order valence-electron chi connectivity index (χ4n) is 1.33. The summed E-state index contributed by atoms with van der Waals surface area (Å²) in [5.74, 6) is -0.756. The lowest BCUT2D eigenvalue weighted by molar-refractivity contribution is -0.147. The first-order valence-electron chi connectivity index (χ1n) is 6.38. The molecule has 0 heterocycles. The molecule has 0 amide bonds. The maximum absolute atomic E-state index is 10.8. The van der Waals surface area contributed by atoms with Crippen molar-refractivity contribution in [2.45, 2.75) is 33.1 Å². The second-order valence-electron chi connectivity index (χ2n) is 4.86. The number of hydrogen-bond acceptors (Lipinski definition) is 4. The van der Waals surface area contributed by atoms with Crippen molar-refractivity contribution in [2.24, 2.45) is 5.41 Å². The van der Waals surface area contributed by atoms with Gasteiger partial charge in [0.2, 0.25) is 0 Å². The molecular formula is C13H26O5. The second kappa shape index (κ2) is 10.3. The van der Waals surface area contributed by atoms with Crippen LogP contribution in [0.2, 0.25) is 0 Å². The van der Waals surface area contributed by atoms with Crippen molar-refractivity contribution >= 4 is 5.97 Å². The molecule has 1 N–H and O–H groups in total. The van der Waals surface area contributed by atoms with Gasteiger partial charge in [-0.2, -0.15) is 0 Å². The second-order valence-corrected chi connectivity index (χ2v) is 4.86. The predicted octanol–water partition coefficient (Wildman–Crippen LogP) is 1.95. The van der Waals surface area contributed by atoms with E-state index < -0.39 is 11.4 Å². The Labute approximate surface area is 109 Å². The Bertz CT molecular complexity index is 215. The number of aliphatic carboxylic acids is 1. The minimum Gasteiger partial charge on any atom is -0.481 e. The Morgan fingerprint density at radius 1 is 1.00 bits per heavy atom. The van der Waals surface area contributed by atoms with E-state index >= 15 is 0 Å². The summed E-state index contributed by atoms with van der Waals surface area (Å²) in [6, 6.07) is 0. The lowest BCUT2D eigenvalue weighted by atomic mass is 9.88. The molecule has 0 saturated carbocycles. The number of rotatable bonds is 12. The zero-order valence-corrected chi connectivity index (χ0v) is 11.7. The van der Waals surface area contributed by atoms with Gasteiger partial charge in [0.15, 0.2) is 0 Å². The molecular weight excluding hydrogens is 236 g/mol. The van der Waals surface area contributed by atoms with E-state index in [0.29, 0.717) is 39.5 Å². The SMILES string of the molecule is COCCOCCCOCCCC(C)(C)C(=O)O. The maximum Gasteiger partial charge on any atom is 0.309 e. The Morgan fingerprint density at radius 2 is 1.56 bits per heavy atom. The van der Waals surface area contributed by atoms with Crippen LogP contribution in [0.4, 0.5) is 0 Å². The molecule has 18 heavy (non-hydrogen) atoms. The van der Waals surface area contributed by atoms with Crippen LogP contribution in [0.5, 0.6) is 0 Å². The van der Waals surface area contributed by atoms with E-state index in [-0.39, 0.29) is 0 Å². The quantitative estimate of drug-likeness (QED) is 0.545. The van der Waals surface area contributed by atoms with E-state index in [9.17, 15) is 4.79 Å². The summed E-state index contributed by atoms with van der Waals surface area (Å²) >= 11 is 0. The number of hydrogen-bond donors (Lipinski definition) is 1. The lowest BCUT2D eigenvalue weighted by Gasteiger charge is -2.18. The minimum absolute atomic E-state index is 0.606. The highest BCUT2D eigenvalue weighted by Gasteiger charge is 2.25. The van der Waals surface area contributed by atoms with Gasteiger partial charge in [-0.15, -0.1) is 0 Å². The molecule has 5 nitrogen and oxygen atoms in total. The van der Waals surface area contributed by atoms with Crippen LogP contribution in [0.1, 0.15) is 33.1 Å². The van der Waals surface area contributed by atoms with Gasteiger partial charge in [0.05, 0.1) is 18.6 Å². The van der Waals surface area contributed by atoms with Crippen LogP contribution in [-0.4, -0.2) is 51.2 Å². The van der Waals surface area contributed by atoms with Gasteiger partial charge >= 0.3 is 5.97 Å². The highest BCUT2D eigenvalue weighted by molar-refractivity contribution is 5.73. The van der Waals surface area contributed by atoms with Crippen LogP contribution in [0.15, 0.2) is 0 Å². The molecule has 0 aliphatic heterocycles. The van der Waals surface area contributed by atoms with Crippen molar-refractivity contribution in [1.29, 1.82) is 0 Å². The van der Waals surface area contributed by atoms with Gasteiger partial charge in [0.1, 0.15) is 0 Å². The molecule has 0 aliphatic rings. The first-order chi connectivity index (χ1) is 8.50. The minimum atomic E-state index is -0.756. The summed E-state index contributed by atoms with van der Waals surface area (Å²) in [6.45, 7) is 6.63. The molecule has 0 spiro atoms. The number of carbonyl (C=O) groups is 1. The number of carboxylic acids is 1. The summed E-state index contributed by atoms with van der Waals surface area (Å²) in [7, 11) is 1.64. The van der Waals surface area contributed by atoms with Gasteiger partial charge in [-0.25, -0.2) is 0 Å². The van der Waals surface area contributed by atoms with Gasteiger partial charge in [0.25, 0.3) is 0 Å². The summed E-state index contributed by atoms with van der Waals surface area (Å²) < 4.78 is 15.5. The van der Waals surface area contributed by atoms with Crippen LogP contribution in [-0.2, 0) is 19.0 Å². The first-order valence-corrected chi connectivity index (χ1v) is 6.38. The third-order valence-corrected chi connectivity index (χ3v) is 2.68. The van der Waals surface area contributed by atoms with Crippen LogP contribution < -0.4 is 0 Å². The Balaban J connectivity index is 3.24. The Kier molecular flexibility index (Phi) is 9.92. The molecule has 0 aromatic carbocycles. The lowest BCUT2D eigenvalue weighted by Crippen LogP contribution is -2.23. The number of methoxy groups -OCH3 is 1. The van der Waals surface area contributed by atoms with Crippen LogP contribution in [0.3, 0.4) is 0 Å². The highest BCUT2D eigenvalue weighted by atomic mass is 16.5. The molecule has 0 aromatic heterocycles. The normalized spacial score (nSPS) is 11.7. The Hall–Kier alpha value is -0.650. The third kappa shape index (κ3) is 9.39. The third-order valence-electron chi connectivity index (χ3n) is 2.68. The molecule has 0 aliphatic carbocycles. The number of ether oxygens (including phenoxy) is 3. The van der Waals surface area contributed by atoms with Gasteiger partial charge in [-0.3, -0.25) is 4.79 Å². The average molecular weight is 262 g/mol. The van der Waals surface area contributed by atoms with Crippen molar-refractivity contribution in [1.82, 2.24) is 0 Å². The summed E-state index contributed by atoms with van der Waals surface area (Å²) in [6.07, 6.45) is 2.25. The topological polar surface area (TPSA) is 65.0 Å². The van der Waals surface area contributed by atoms with Gasteiger partial charge in [-0.1, -0.05) is 0 Å². The van der Waals surface area contributed by atoms with E-state index in [2.05, 4.69) is 0 Å². The molecule has 0 radical (unpaired) electrons. The summed E-state index contributed by atoms with van der Waals surface area (Å²) in [4.78, 5) is 10.8. The zero-order chi connectivity index (χ0) is 13.9. The molecule has 0 fully saturated rings. The fourth-order valence-corrected chi connectivity index (χ4v) is 1.33. The summed E-state index contributed by atoms with van der Waals surface area (Å²) in [5, 5.41) is 8.92. The van der Waals surface area contributed by atoms with E-state index in [0.717, 1.165) is 12.8 Å². The highest BCUT2D eigenvalue weighted by Crippen LogP contribution is 2.22. The molecule has 0 saturated heterocycles. The van der Waals surface area contributed by atoms with Crippen molar-refractivity contribution in [2.75, 3.05) is 40.1 Å². The van der Waals surface area contributed by atoms with Crippen LogP contribution in [0, 0.1) is 5.41 Å². The molecule has 0 unspecified atom stereocenters. The maximum atomic E-state index is 10.8. The van der Waals surface area contributed by atoms with E-state index in [1.54, 1.807) is 21.0 Å². The van der Waals surface area contributed by atoms with E-state index in [1.165, 1.54) is 0 Å². The largest absolute Gasteiger partial charge is 0.481 e. The smallest absolute Gasteiger partial charge is 0.309 e. The molecule has 5 heteroatoms. The van der Waals surface area contributed by atoms with Gasteiger partial charge < -0.3 is 19.3 Å². The average Bonchev–Trinajstić information content (AvgIpc) is 2.31. The molecule has 0 atom stereocenters. The summed E-state index contributed by atoms with van der Waals surface area (Å²) in [5.41, 5.74) is -0.660. The Morgan fingerprint density at radius 3 is 2.11 bits per heavy atom. The molecule has 0 aromatic rings.